The Bertz CT molecular complexity index is 5280. The molecule has 2 bridgehead atoms. The first-order valence-electron chi connectivity index (χ1n) is 52.0. The Labute approximate surface area is 805 Å². The number of aryl methyl sites for hydroxylation is 5. The predicted molar refractivity (Wildman–Crippen MR) is 537 cm³/mol. The van der Waals surface area contributed by atoms with Gasteiger partial charge < -0.3 is 55.4 Å². The zero-order chi connectivity index (χ0) is 94.5. The SMILES string of the molecule is CC(NC(=O)C12CCC(C)(CC1)CC2)C1CCC2(CC1)OCc1ccccc12.Cc1ccc(C(=O)NC(C)C2CCC3(CC2)COc2ccccc23)cc1.Cc1ccc(C(=O)NC(C)C2CCC3(CC2)COc2ccccc23)cc1.Cc1ccc(NC(=O)CC2CCC3(CC2)c2cccc(C)c2OC3CO)cc1.Cc1cccc2c1C1(CCC(C(C)C(=O)NC3(C)CCCCC3)CC1)OC2. The van der Waals surface area contributed by atoms with Crippen LogP contribution in [0.5, 0.6) is 17.2 Å². The van der Waals surface area contributed by atoms with Crippen molar-refractivity contribution in [3.63, 3.8) is 0 Å². The van der Waals surface area contributed by atoms with Crippen LogP contribution in [0.15, 0.2) is 182 Å². The second-order valence-corrected chi connectivity index (χ2v) is 44.8. The molecule has 5 aliphatic heterocycles. The Hall–Kier alpha value is -9.61. The predicted octanol–water partition coefficient (Wildman–Crippen LogP) is 24.6. The van der Waals surface area contributed by atoms with Crippen LogP contribution in [0.25, 0.3) is 0 Å². The molecule has 9 aliphatic carbocycles. The summed E-state index contributed by atoms with van der Waals surface area (Å²) in [5, 5.41) is 26.3. The summed E-state index contributed by atoms with van der Waals surface area (Å²) in [5.74, 6) is 6.43. The number of para-hydroxylation sites is 3. The molecule has 8 aromatic rings. The lowest BCUT2D eigenvalue weighted by molar-refractivity contribution is -0.141. The van der Waals surface area contributed by atoms with Gasteiger partial charge in [0.2, 0.25) is 17.7 Å². The molecule has 5 heterocycles. The average Bonchev–Trinajstić information content (AvgIpc) is 1.67. The van der Waals surface area contributed by atoms with E-state index in [0.717, 1.165) is 227 Å². The summed E-state index contributed by atoms with van der Waals surface area (Å²) in [6.45, 7) is 26.8. The summed E-state index contributed by atoms with van der Waals surface area (Å²) < 4.78 is 30.7. The molecule has 9 fully saturated rings. The maximum absolute atomic E-state index is 13.2. The van der Waals surface area contributed by atoms with E-state index in [0.29, 0.717) is 47.3 Å². The summed E-state index contributed by atoms with van der Waals surface area (Å²) in [6.07, 6.45) is 35.1. The lowest BCUT2D eigenvalue weighted by Gasteiger charge is -2.51. The summed E-state index contributed by atoms with van der Waals surface area (Å²) in [6, 6.07) is 62.7. The van der Waals surface area contributed by atoms with E-state index < -0.39 is 0 Å². The van der Waals surface area contributed by atoms with E-state index in [1.807, 2.05) is 106 Å². The van der Waals surface area contributed by atoms with Crippen molar-refractivity contribution in [2.24, 2.45) is 46.3 Å². The number of hydrogen-bond acceptors (Lipinski definition) is 11. The van der Waals surface area contributed by atoms with E-state index in [4.69, 9.17) is 23.7 Å². The van der Waals surface area contributed by atoms with Crippen LogP contribution in [0.2, 0.25) is 0 Å². The first-order chi connectivity index (χ1) is 65.0. The first-order valence-corrected chi connectivity index (χ1v) is 52.0. The van der Waals surface area contributed by atoms with Gasteiger partial charge >= 0.3 is 0 Å². The highest BCUT2D eigenvalue weighted by molar-refractivity contribution is 5.95. The van der Waals surface area contributed by atoms with Gasteiger partial charge in [-0.2, -0.15) is 0 Å². The molecule has 720 valence electrons. The van der Waals surface area contributed by atoms with Gasteiger partial charge in [0, 0.05) is 91.2 Å². The Morgan fingerprint density at radius 2 is 0.867 bits per heavy atom. The van der Waals surface area contributed by atoms with Gasteiger partial charge in [-0.05, 0) is 359 Å². The molecule has 5 amide bonds. The van der Waals surface area contributed by atoms with Gasteiger partial charge in [-0.1, -0.05) is 183 Å². The summed E-state index contributed by atoms with van der Waals surface area (Å²) >= 11 is 0. The molecule has 0 aromatic heterocycles. The molecule has 5 spiro atoms. The number of carbonyl (C=O) groups excluding carboxylic acids is 5. The standard InChI is InChI=1S/C25H35NO2.C24H29NO3.C24H35NO2.2C23H27NO2/c1-18(26-22(27)24-14-11-23(2,12-15-24)13-16-24)19-7-9-25(10-8-19)21-6-4-3-5-20(21)17-28-25;1-16-6-8-19(9-7-16)25-22(27)14-18-10-12-24(13-11-18)20-5-3-4-17(2)23(20)28-21(24)15-26;1-17-8-7-9-20-16-27-24(21(17)20)14-10-19(11-15-24)18(2)22(26)25-23(3)12-5-4-6-13-23;2*1-16-7-9-19(10-8-16)22(25)24-17(2)18-11-13-23(14-12-18)15-26-21-6-4-3-5-20(21)23/h3-6,18-19H,7-17H2,1-2H3,(H,26,27);3-9,18,21,26H,10-15H2,1-2H3,(H,25,27);7-9,18-19H,4-6,10-16H2,1-3H3,(H,25,26);2*3-10,17-18H,11-15H2,1-2H3,(H,24,25). The van der Waals surface area contributed by atoms with Crippen molar-refractivity contribution >= 4 is 35.2 Å². The largest absolute Gasteiger partial charge is 0.492 e. The molecule has 14 aliphatic rings. The number of amides is 5. The number of carbonyl (C=O) groups is 5. The van der Waals surface area contributed by atoms with Crippen LogP contribution in [0.3, 0.4) is 0 Å². The maximum Gasteiger partial charge on any atom is 0.251 e. The van der Waals surface area contributed by atoms with Crippen LogP contribution in [0.4, 0.5) is 5.69 Å². The highest BCUT2D eigenvalue weighted by atomic mass is 16.5. The smallest absolute Gasteiger partial charge is 0.251 e. The number of hydrogen-bond donors (Lipinski definition) is 6. The lowest BCUT2D eigenvalue weighted by atomic mass is 9.54. The fourth-order valence-corrected chi connectivity index (χ4v) is 26.5. The van der Waals surface area contributed by atoms with Gasteiger partial charge in [-0.3, -0.25) is 24.0 Å². The van der Waals surface area contributed by atoms with Gasteiger partial charge in [-0.15, -0.1) is 0 Å². The van der Waals surface area contributed by atoms with Crippen LogP contribution < -0.4 is 40.8 Å². The number of fused-ring (bicyclic) bond motifs is 13. The van der Waals surface area contributed by atoms with Crippen LogP contribution in [-0.4, -0.2) is 84.2 Å². The molecule has 16 heteroatoms. The number of aliphatic hydroxyl groups excluding tert-OH is 1. The van der Waals surface area contributed by atoms with Crippen molar-refractivity contribution < 1.29 is 52.8 Å². The van der Waals surface area contributed by atoms with Gasteiger partial charge in [0.25, 0.3) is 11.8 Å². The van der Waals surface area contributed by atoms with Gasteiger partial charge in [0.05, 0.1) is 44.2 Å². The van der Waals surface area contributed by atoms with E-state index in [2.05, 4.69) is 179 Å². The van der Waals surface area contributed by atoms with Crippen molar-refractivity contribution in [2.75, 3.05) is 25.1 Å². The number of anilines is 1. The van der Waals surface area contributed by atoms with Crippen LogP contribution >= 0.6 is 0 Å². The molecular formula is C119H153N5O11. The Kier molecular flexibility index (Phi) is 29.6. The highest BCUT2D eigenvalue weighted by Gasteiger charge is 2.55. The van der Waals surface area contributed by atoms with E-state index >= 15 is 0 Å². The maximum atomic E-state index is 13.2. The number of ether oxygens (including phenoxy) is 5. The quantitative estimate of drug-likeness (QED) is 0.0536. The van der Waals surface area contributed by atoms with E-state index in [1.165, 1.54) is 99.7 Å². The number of nitrogens with one attached hydrogen (secondary N) is 5. The molecule has 0 saturated heterocycles. The Morgan fingerprint density at radius 1 is 0.422 bits per heavy atom. The second kappa shape index (κ2) is 41.2. The summed E-state index contributed by atoms with van der Waals surface area (Å²) in [5.41, 5.74) is 18.5. The molecule has 0 radical (unpaired) electrons. The second-order valence-electron chi connectivity index (χ2n) is 44.8. The summed E-state index contributed by atoms with van der Waals surface area (Å²) in [7, 11) is 0. The third-order valence-corrected chi connectivity index (χ3v) is 35.9. The topological polar surface area (TPSA) is 212 Å². The van der Waals surface area contributed by atoms with Crippen LogP contribution in [-0.2, 0) is 64.5 Å². The zero-order valence-corrected chi connectivity index (χ0v) is 82.8. The summed E-state index contributed by atoms with van der Waals surface area (Å²) in [4.78, 5) is 63.6. The van der Waals surface area contributed by atoms with Gasteiger partial charge in [-0.25, -0.2) is 0 Å². The number of aliphatic hydroxyl groups is 1. The number of rotatable bonds is 16. The number of benzene rings is 8. The minimum atomic E-state index is -0.175. The Morgan fingerprint density at radius 3 is 1.41 bits per heavy atom. The highest BCUT2D eigenvalue weighted by Crippen LogP contribution is 2.60. The van der Waals surface area contributed by atoms with Crippen molar-refractivity contribution in [3.8, 4) is 17.2 Å². The molecule has 5 atom stereocenters. The molecule has 8 aromatic carbocycles. The zero-order valence-electron chi connectivity index (χ0n) is 82.8. The van der Waals surface area contributed by atoms with Crippen LogP contribution in [0, 0.1) is 81.0 Å². The molecule has 5 unspecified atom stereocenters. The average molecular weight is 1830 g/mol. The molecule has 9 saturated carbocycles. The monoisotopic (exact) mass is 1830 g/mol. The van der Waals surface area contributed by atoms with Crippen molar-refractivity contribution in [3.05, 3.63) is 260 Å². The minimum absolute atomic E-state index is 0.0180. The normalized spacial score (nSPS) is 29.7. The van der Waals surface area contributed by atoms with Crippen molar-refractivity contribution in [2.45, 2.75) is 352 Å². The van der Waals surface area contributed by atoms with E-state index in [-0.39, 0.29) is 98.8 Å². The van der Waals surface area contributed by atoms with E-state index in [1.54, 1.807) is 0 Å². The molecule has 6 N–H and O–H groups in total. The molecular weight excluding hydrogens is 1680 g/mol. The molecule has 22 rings (SSSR count). The lowest BCUT2D eigenvalue weighted by Crippen LogP contribution is -2.52. The minimum Gasteiger partial charge on any atom is -0.492 e. The third-order valence-electron chi connectivity index (χ3n) is 35.9. The fourth-order valence-electron chi connectivity index (χ4n) is 26.5. The van der Waals surface area contributed by atoms with Gasteiger partial charge in [0.15, 0.2) is 0 Å². The van der Waals surface area contributed by atoms with Crippen LogP contribution in [0.1, 0.15) is 334 Å². The first kappa shape index (κ1) is 97.1. The molecule has 135 heavy (non-hydrogen) atoms. The fraction of sp³-hybridized carbons (Fsp3) is 0.555. The van der Waals surface area contributed by atoms with Crippen molar-refractivity contribution in [1.29, 1.82) is 0 Å². The van der Waals surface area contributed by atoms with Crippen molar-refractivity contribution in [1.82, 2.24) is 21.3 Å². The Balaban J connectivity index is 0.000000117. The third kappa shape index (κ3) is 21.1. The molecule has 16 nitrogen and oxygen atoms in total. The van der Waals surface area contributed by atoms with Gasteiger partial charge in [0.1, 0.15) is 23.4 Å². The van der Waals surface area contributed by atoms with E-state index in [9.17, 15) is 29.1 Å².